The maximum Gasteiger partial charge on any atom is 0.261 e. The third kappa shape index (κ3) is 3.61. The van der Waals surface area contributed by atoms with Crippen molar-refractivity contribution in [2.45, 2.75) is 27.0 Å². The predicted octanol–water partition coefficient (Wildman–Crippen LogP) is 3.24. The van der Waals surface area contributed by atoms with Gasteiger partial charge in [0.15, 0.2) is 5.82 Å². The molecule has 1 N–H and O–H groups in total. The van der Waals surface area contributed by atoms with Crippen molar-refractivity contribution in [2.24, 2.45) is 0 Å². The number of carbonyl (C=O) groups is 1. The van der Waals surface area contributed by atoms with Crippen molar-refractivity contribution in [3.8, 4) is 5.88 Å². The topological polar surface area (TPSA) is 91.2 Å². The quantitative estimate of drug-likeness (QED) is 0.489. The molecule has 0 saturated carbocycles. The highest BCUT2D eigenvalue weighted by molar-refractivity contribution is 7.20. The highest BCUT2D eigenvalue weighted by Gasteiger charge is 2.21. The van der Waals surface area contributed by atoms with Crippen LogP contribution < -0.4 is 10.1 Å². The molecule has 0 spiro atoms. The summed E-state index contributed by atoms with van der Waals surface area (Å²) in [6, 6.07) is 7.99. The Bertz CT molecular complexity index is 1230. The van der Waals surface area contributed by atoms with Gasteiger partial charge in [0.2, 0.25) is 5.88 Å². The van der Waals surface area contributed by atoms with Gasteiger partial charge in [-0.05, 0) is 31.5 Å². The molecule has 0 unspecified atom stereocenters. The van der Waals surface area contributed by atoms with E-state index in [4.69, 9.17) is 9.47 Å². The normalized spacial score (nSPS) is 11.3. The molecule has 1 aromatic carbocycles. The lowest BCUT2D eigenvalue weighted by Crippen LogP contribution is -2.27. The molecule has 3 aromatic heterocycles. The second kappa shape index (κ2) is 8.37. The Morgan fingerprint density at radius 2 is 1.97 bits per heavy atom. The van der Waals surface area contributed by atoms with Crippen LogP contribution in [-0.2, 0) is 17.9 Å². The Morgan fingerprint density at radius 3 is 2.73 bits per heavy atom. The smallest absolute Gasteiger partial charge is 0.261 e. The molecule has 0 aliphatic heterocycles. The van der Waals surface area contributed by atoms with Gasteiger partial charge in [0.25, 0.3) is 5.91 Å². The van der Waals surface area contributed by atoms with Gasteiger partial charge in [-0.25, -0.2) is 9.97 Å². The molecular weight excluding hydrogens is 402 g/mol. The SMILES string of the molecule is COCc1nc(OC)c2c(C)c(C(=O)NCCn3c(C)nc4ccccc43)sc2n1. The lowest BCUT2D eigenvalue weighted by atomic mass is 10.2. The number of carbonyl (C=O) groups excluding carboxylic acids is 1. The number of thiophene rings is 1. The molecule has 0 saturated heterocycles. The van der Waals surface area contributed by atoms with Gasteiger partial charge in [0, 0.05) is 20.2 Å². The minimum atomic E-state index is -0.132. The Hall–Kier alpha value is -3.04. The summed E-state index contributed by atoms with van der Waals surface area (Å²) in [4.78, 5) is 27.7. The van der Waals surface area contributed by atoms with Crippen LogP contribution in [0, 0.1) is 13.8 Å². The number of nitrogens with one attached hydrogen (secondary N) is 1. The van der Waals surface area contributed by atoms with E-state index in [2.05, 4.69) is 24.8 Å². The third-order valence-corrected chi connectivity index (χ3v) is 6.13. The molecule has 3 heterocycles. The number of imidazole rings is 1. The molecule has 0 aliphatic rings. The Labute approximate surface area is 177 Å². The van der Waals surface area contributed by atoms with Gasteiger partial charge in [-0.2, -0.15) is 4.98 Å². The Morgan fingerprint density at radius 1 is 1.17 bits per heavy atom. The maximum absolute atomic E-state index is 12.9. The van der Waals surface area contributed by atoms with Crippen LogP contribution >= 0.6 is 11.3 Å². The average molecular weight is 426 g/mol. The van der Waals surface area contributed by atoms with Gasteiger partial charge in [0.1, 0.15) is 17.3 Å². The number of rotatable bonds is 7. The van der Waals surface area contributed by atoms with Crippen molar-refractivity contribution in [3.05, 3.63) is 46.4 Å². The van der Waals surface area contributed by atoms with E-state index in [1.807, 2.05) is 38.1 Å². The number of benzene rings is 1. The number of ether oxygens (including phenoxy) is 2. The van der Waals surface area contributed by atoms with Crippen LogP contribution in [0.15, 0.2) is 24.3 Å². The molecule has 4 rings (SSSR count). The van der Waals surface area contributed by atoms with E-state index in [1.165, 1.54) is 11.3 Å². The number of hydrogen-bond acceptors (Lipinski definition) is 7. The standard InChI is InChI=1S/C21H23N5O3S/c1-12-17-20(29-4)24-16(11-28-3)25-21(17)30-18(12)19(27)22-9-10-26-13(2)23-14-7-5-6-8-15(14)26/h5-8H,9-11H2,1-4H3,(H,22,27). The lowest BCUT2D eigenvalue weighted by Gasteiger charge is -2.08. The van der Waals surface area contributed by atoms with Gasteiger partial charge >= 0.3 is 0 Å². The number of methoxy groups -OCH3 is 2. The van der Waals surface area contributed by atoms with Crippen molar-refractivity contribution in [1.82, 2.24) is 24.8 Å². The van der Waals surface area contributed by atoms with Gasteiger partial charge in [0.05, 0.1) is 28.4 Å². The fourth-order valence-corrected chi connectivity index (χ4v) is 4.65. The fraction of sp³-hybridized carbons (Fsp3) is 0.333. The van der Waals surface area contributed by atoms with E-state index >= 15 is 0 Å². The summed E-state index contributed by atoms with van der Waals surface area (Å²) in [5.74, 6) is 1.78. The van der Waals surface area contributed by atoms with Gasteiger partial charge in [-0.15, -0.1) is 11.3 Å². The summed E-state index contributed by atoms with van der Waals surface area (Å²) < 4.78 is 12.7. The van der Waals surface area contributed by atoms with Crippen LogP contribution in [-0.4, -0.2) is 46.2 Å². The highest BCUT2D eigenvalue weighted by atomic mass is 32.1. The number of hydrogen-bond donors (Lipinski definition) is 1. The first-order chi connectivity index (χ1) is 14.5. The molecule has 0 radical (unpaired) electrons. The molecule has 0 bridgehead atoms. The molecule has 0 aliphatic carbocycles. The number of fused-ring (bicyclic) bond motifs is 2. The number of nitrogens with zero attached hydrogens (tertiary/aromatic N) is 4. The highest BCUT2D eigenvalue weighted by Crippen LogP contribution is 2.35. The third-order valence-electron chi connectivity index (χ3n) is 4.94. The van der Waals surface area contributed by atoms with E-state index in [0.29, 0.717) is 34.5 Å². The van der Waals surface area contributed by atoms with E-state index in [0.717, 1.165) is 27.8 Å². The molecule has 4 aromatic rings. The zero-order valence-corrected chi connectivity index (χ0v) is 18.2. The van der Waals surface area contributed by atoms with Crippen LogP contribution in [0.3, 0.4) is 0 Å². The molecule has 1 amide bonds. The summed E-state index contributed by atoms with van der Waals surface area (Å²) in [5.41, 5.74) is 2.84. The van der Waals surface area contributed by atoms with Crippen molar-refractivity contribution in [1.29, 1.82) is 0 Å². The number of amides is 1. The first-order valence-corrected chi connectivity index (χ1v) is 10.4. The maximum atomic E-state index is 12.9. The van der Waals surface area contributed by atoms with Crippen LogP contribution in [0.1, 0.15) is 26.9 Å². The van der Waals surface area contributed by atoms with Crippen molar-refractivity contribution < 1.29 is 14.3 Å². The van der Waals surface area contributed by atoms with E-state index < -0.39 is 0 Å². The Balaban J connectivity index is 1.54. The lowest BCUT2D eigenvalue weighted by molar-refractivity contribution is 0.0956. The van der Waals surface area contributed by atoms with Gasteiger partial charge in [-0.1, -0.05) is 12.1 Å². The largest absolute Gasteiger partial charge is 0.480 e. The summed E-state index contributed by atoms with van der Waals surface area (Å²) in [5, 5.41) is 3.78. The molecule has 156 valence electrons. The van der Waals surface area contributed by atoms with Crippen LogP contribution in [0.5, 0.6) is 5.88 Å². The second-order valence-electron chi connectivity index (χ2n) is 6.87. The zero-order valence-electron chi connectivity index (χ0n) is 17.4. The molecule has 0 atom stereocenters. The molecule has 9 heteroatoms. The summed E-state index contributed by atoms with van der Waals surface area (Å²) in [7, 11) is 3.15. The monoisotopic (exact) mass is 425 g/mol. The van der Waals surface area contributed by atoms with E-state index in [-0.39, 0.29) is 12.5 Å². The zero-order chi connectivity index (χ0) is 21.3. The van der Waals surface area contributed by atoms with Crippen molar-refractivity contribution in [2.75, 3.05) is 20.8 Å². The molecule has 8 nitrogen and oxygen atoms in total. The summed E-state index contributed by atoms with van der Waals surface area (Å²) in [6.45, 7) is 5.28. The Kier molecular flexibility index (Phi) is 5.65. The number of aryl methyl sites for hydroxylation is 2. The van der Waals surface area contributed by atoms with Crippen molar-refractivity contribution in [3.63, 3.8) is 0 Å². The van der Waals surface area contributed by atoms with Crippen molar-refractivity contribution >= 4 is 38.5 Å². The minimum Gasteiger partial charge on any atom is -0.480 e. The molecule has 30 heavy (non-hydrogen) atoms. The second-order valence-corrected chi connectivity index (χ2v) is 7.87. The summed E-state index contributed by atoms with van der Waals surface area (Å²) >= 11 is 1.34. The van der Waals surface area contributed by atoms with Crippen LogP contribution in [0.4, 0.5) is 0 Å². The van der Waals surface area contributed by atoms with Crippen LogP contribution in [0.2, 0.25) is 0 Å². The van der Waals surface area contributed by atoms with E-state index in [1.54, 1.807) is 14.2 Å². The average Bonchev–Trinajstić information content (AvgIpc) is 3.24. The minimum absolute atomic E-state index is 0.132. The molecule has 0 fully saturated rings. The predicted molar refractivity (Wildman–Crippen MR) is 116 cm³/mol. The first kappa shape index (κ1) is 20.2. The first-order valence-electron chi connectivity index (χ1n) is 9.56. The van der Waals surface area contributed by atoms with E-state index in [9.17, 15) is 4.79 Å². The number of para-hydroxylation sites is 2. The van der Waals surface area contributed by atoms with Gasteiger partial charge in [-0.3, -0.25) is 4.79 Å². The van der Waals surface area contributed by atoms with Crippen LogP contribution in [0.25, 0.3) is 21.3 Å². The fourth-order valence-electron chi connectivity index (χ4n) is 3.54. The number of aromatic nitrogens is 4. The summed E-state index contributed by atoms with van der Waals surface area (Å²) in [6.07, 6.45) is 0. The van der Waals surface area contributed by atoms with Gasteiger partial charge < -0.3 is 19.4 Å². The molecular formula is C21H23N5O3S.